The minimum absolute atomic E-state index is 0.0657. The molecule has 0 atom stereocenters. The van der Waals surface area contributed by atoms with Crippen LogP contribution < -0.4 is 10.6 Å². The molecule has 4 fully saturated rings. The van der Waals surface area contributed by atoms with Crippen LogP contribution in [0.15, 0.2) is 48.5 Å². The summed E-state index contributed by atoms with van der Waals surface area (Å²) in [6, 6.07) is 14.5. The zero-order chi connectivity index (χ0) is 20.7. The van der Waals surface area contributed by atoms with Gasteiger partial charge in [0.2, 0.25) is 0 Å². The molecule has 4 bridgehead atoms. The molecule has 6 rings (SSSR count). The van der Waals surface area contributed by atoms with Crippen LogP contribution in [-0.2, 0) is 6.54 Å². The first-order valence-electron chi connectivity index (χ1n) is 10.9. The molecule has 4 saturated carbocycles. The molecule has 6 heteroatoms. The van der Waals surface area contributed by atoms with Gasteiger partial charge < -0.3 is 10.6 Å². The van der Waals surface area contributed by atoms with Gasteiger partial charge >= 0.3 is 0 Å². The fraction of sp³-hybridized carbons (Fsp3) is 0.458. The lowest BCUT2D eigenvalue weighted by Crippen LogP contribution is -2.59. The highest BCUT2D eigenvalue weighted by Crippen LogP contribution is 2.55. The summed E-state index contributed by atoms with van der Waals surface area (Å²) in [4.78, 5) is 24.3. The van der Waals surface area contributed by atoms with Crippen LogP contribution in [0, 0.1) is 27.9 Å². The van der Waals surface area contributed by atoms with E-state index in [-0.39, 0.29) is 17.1 Å². The Kier molecular flexibility index (Phi) is 4.72. The second-order valence-corrected chi connectivity index (χ2v) is 9.48. The number of benzene rings is 2. The van der Waals surface area contributed by atoms with Crippen LogP contribution in [0.1, 0.15) is 54.4 Å². The van der Waals surface area contributed by atoms with Crippen molar-refractivity contribution in [1.82, 2.24) is 5.32 Å². The molecule has 0 saturated heterocycles. The summed E-state index contributed by atoms with van der Waals surface area (Å²) in [5, 5.41) is 18.1. The predicted molar refractivity (Wildman–Crippen MR) is 115 cm³/mol. The third-order valence-corrected chi connectivity index (χ3v) is 7.20. The minimum atomic E-state index is -0.422. The largest absolute Gasteiger partial charge is 0.375 e. The minimum Gasteiger partial charge on any atom is -0.375 e. The topological polar surface area (TPSA) is 84.3 Å². The van der Waals surface area contributed by atoms with Gasteiger partial charge in [0.05, 0.1) is 4.92 Å². The van der Waals surface area contributed by atoms with Gasteiger partial charge in [-0.25, -0.2) is 0 Å². The van der Waals surface area contributed by atoms with E-state index < -0.39 is 4.92 Å². The smallest absolute Gasteiger partial charge is 0.293 e. The molecule has 1 amide bonds. The number of nitro benzene ring substituents is 1. The van der Waals surface area contributed by atoms with Gasteiger partial charge in [-0.1, -0.05) is 30.3 Å². The Morgan fingerprint density at radius 1 is 1.00 bits per heavy atom. The van der Waals surface area contributed by atoms with E-state index in [0.29, 0.717) is 17.8 Å². The molecule has 0 aromatic heterocycles. The van der Waals surface area contributed by atoms with Gasteiger partial charge in [-0.15, -0.1) is 0 Å². The average molecular weight is 405 g/mol. The third-order valence-electron chi connectivity index (χ3n) is 7.20. The van der Waals surface area contributed by atoms with Gasteiger partial charge in [-0.3, -0.25) is 14.9 Å². The Balaban J connectivity index is 1.32. The van der Waals surface area contributed by atoms with Crippen molar-refractivity contribution >= 4 is 17.3 Å². The molecule has 0 spiro atoms. The van der Waals surface area contributed by atoms with Gasteiger partial charge in [0.15, 0.2) is 0 Å². The predicted octanol–water partition coefficient (Wildman–Crippen LogP) is 4.91. The van der Waals surface area contributed by atoms with Gasteiger partial charge in [0, 0.05) is 23.7 Å². The van der Waals surface area contributed by atoms with Gasteiger partial charge in [0.25, 0.3) is 11.6 Å². The molecular formula is C24H27N3O3. The molecule has 4 aliphatic rings. The van der Waals surface area contributed by atoms with E-state index in [4.69, 9.17) is 0 Å². The van der Waals surface area contributed by atoms with Gasteiger partial charge in [-0.05, 0) is 74.0 Å². The molecule has 2 aromatic carbocycles. The summed E-state index contributed by atoms with van der Waals surface area (Å²) >= 11 is 0. The lowest BCUT2D eigenvalue weighted by atomic mass is 9.53. The van der Waals surface area contributed by atoms with E-state index in [2.05, 4.69) is 10.6 Å². The van der Waals surface area contributed by atoms with Crippen LogP contribution in [0.3, 0.4) is 0 Å². The highest BCUT2D eigenvalue weighted by Gasteiger charge is 2.51. The van der Waals surface area contributed by atoms with E-state index in [9.17, 15) is 14.9 Å². The molecule has 4 aliphatic carbocycles. The molecule has 156 valence electrons. The number of rotatable bonds is 6. The number of hydrogen-bond donors (Lipinski definition) is 2. The first kappa shape index (κ1) is 19.1. The zero-order valence-corrected chi connectivity index (χ0v) is 17.0. The molecule has 30 heavy (non-hydrogen) atoms. The number of nitrogens with one attached hydrogen (secondary N) is 2. The van der Waals surface area contributed by atoms with Crippen LogP contribution in [0.2, 0.25) is 0 Å². The zero-order valence-electron chi connectivity index (χ0n) is 17.0. The van der Waals surface area contributed by atoms with Crippen LogP contribution in [-0.4, -0.2) is 16.4 Å². The summed E-state index contributed by atoms with van der Waals surface area (Å²) in [5.74, 6) is 2.01. The van der Waals surface area contributed by atoms with E-state index >= 15 is 0 Å². The fourth-order valence-corrected chi connectivity index (χ4v) is 6.34. The Morgan fingerprint density at radius 3 is 2.23 bits per heavy atom. The maximum Gasteiger partial charge on any atom is 0.293 e. The Labute approximate surface area is 176 Å². The summed E-state index contributed by atoms with van der Waals surface area (Å²) in [5.41, 5.74) is 1.66. The van der Waals surface area contributed by atoms with Crippen molar-refractivity contribution in [3.8, 4) is 0 Å². The van der Waals surface area contributed by atoms with Crippen molar-refractivity contribution in [2.75, 3.05) is 5.32 Å². The Bertz CT molecular complexity index is 938. The van der Waals surface area contributed by atoms with Crippen molar-refractivity contribution in [1.29, 1.82) is 0 Å². The average Bonchev–Trinajstić information content (AvgIpc) is 2.71. The van der Waals surface area contributed by atoms with Crippen LogP contribution in [0.4, 0.5) is 11.4 Å². The molecule has 0 heterocycles. The number of nitrogens with zero attached hydrogens (tertiary/aromatic N) is 1. The standard InChI is InChI=1S/C24H27N3O3/c28-23(26-24-12-17-8-18(13-24)10-19(9-17)14-24)20-6-7-21(22(11-20)27(29)30)25-15-16-4-2-1-3-5-16/h1-7,11,17-19,25H,8-10,12-15H2,(H,26,28). The summed E-state index contributed by atoms with van der Waals surface area (Å²) in [6.45, 7) is 0.487. The van der Waals surface area contributed by atoms with Gasteiger partial charge in [-0.2, -0.15) is 0 Å². The maximum atomic E-state index is 13.0. The van der Waals surface area contributed by atoms with E-state index in [0.717, 1.165) is 42.6 Å². The van der Waals surface area contributed by atoms with Crippen LogP contribution in [0.25, 0.3) is 0 Å². The van der Waals surface area contributed by atoms with Gasteiger partial charge in [0.1, 0.15) is 5.69 Å². The van der Waals surface area contributed by atoms with Crippen molar-refractivity contribution in [2.24, 2.45) is 17.8 Å². The summed E-state index contributed by atoms with van der Waals surface area (Å²) < 4.78 is 0. The molecule has 2 N–H and O–H groups in total. The maximum absolute atomic E-state index is 13.0. The molecular weight excluding hydrogens is 378 g/mol. The Morgan fingerprint density at radius 2 is 1.63 bits per heavy atom. The van der Waals surface area contributed by atoms with Crippen molar-refractivity contribution < 1.29 is 9.72 Å². The van der Waals surface area contributed by atoms with Crippen molar-refractivity contribution in [3.63, 3.8) is 0 Å². The molecule has 0 aliphatic heterocycles. The summed E-state index contributed by atoms with van der Waals surface area (Å²) in [7, 11) is 0. The van der Waals surface area contributed by atoms with Crippen LogP contribution in [0.5, 0.6) is 0 Å². The molecule has 2 aromatic rings. The highest BCUT2D eigenvalue weighted by atomic mass is 16.6. The third kappa shape index (κ3) is 3.66. The number of amides is 1. The quantitative estimate of drug-likeness (QED) is 0.528. The molecule has 0 unspecified atom stereocenters. The van der Waals surface area contributed by atoms with E-state index in [1.165, 1.54) is 25.3 Å². The molecule has 0 radical (unpaired) electrons. The number of hydrogen-bond acceptors (Lipinski definition) is 4. The fourth-order valence-electron chi connectivity index (χ4n) is 6.34. The lowest BCUT2D eigenvalue weighted by Gasteiger charge is -2.56. The van der Waals surface area contributed by atoms with Crippen molar-refractivity contribution in [2.45, 2.75) is 50.6 Å². The number of nitro groups is 1. The van der Waals surface area contributed by atoms with E-state index in [1.807, 2.05) is 30.3 Å². The first-order chi connectivity index (χ1) is 14.5. The lowest BCUT2D eigenvalue weighted by molar-refractivity contribution is -0.384. The van der Waals surface area contributed by atoms with E-state index in [1.54, 1.807) is 12.1 Å². The number of carbonyl (C=O) groups excluding carboxylic acids is 1. The second kappa shape index (κ2) is 7.42. The van der Waals surface area contributed by atoms with Crippen LogP contribution >= 0.6 is 0 Å². The number of carbonyl (C=O) groups is 1. The second-order valence-electron chi connectivity index (χ2n) is 9.48. The monoisotopic (exact) mass is 405 g/mol. The normalized spacial score (nSPS) is 28.9. The van der Waals surface area contributed by atoms with Crippen molar-refractivity contribution in [3.05, 3.63) is 69.8 Å². The number of anilines is 1. The first-order valence-corrected chi connectivity index (χ1v) is 10.9. The SMILES string of the molecule is O=C(NC12CC3CC(CC(C3)C1)C2)c1ccc(NCc2ccccc2)c([N+](=O)[O-])c1. The molecule has 6 nitrogen and oxygen atoms in total. The summed E-state index contributed by atoms with van der Waals surface area (Å²) in [6.07, 6.45) is 7.10. The Hall–Kier alpha value is -2.89. The highest BCUT2D eigenvalue weighted by molar-refractivity contribution is 5.96.